The van der Waals surface area contributed by atoms with Gasteiger partial charge in [-0.1, -0.05) is 70.8 Å². The average molecular weight is 1210 g/mol. The van der Waals surface area contributed by atoms with E-state index in [9.17, 15) is 43.5 Å². The molecule has 8 atom stereocenters. The number of nitrogens with zero attached hydrogens (tertiary/aromatic N) is 4. The van der Waals surface area contributed by atoms with Crippen molar-refractivity contribution in [3.63, 3.8) is 0 Å². The van der Waals surface area contributed by atoms with E-state index in [0.29, 0.717) is 53.7 Å². The summed E-state index contributed by atoms with van der Waals surface area (Å²) in [7, 11) is 8.95. The Morgan fingerprint density at radius 2 is 1.77 bits per heavy atom. The van der Waals surface area contributed by atoms with E-state index in [4.69, 9.17) is 40.1 Å². The molecule has 0 unspecified atom stereocenters. The van der Waals surface area contributed by atoms with Crippen molar-refractivity contribution in [3.05, 3.63) is 75.8 Å². The summed E-state index contributed by atoms with van der Waals surface area (Å²) >= 11 is 6.86. The molecule has 5 aliphatic rings. The zero-order valence-electron chi connectivity index (χ0n) is 48.8. The highest BCUT2D eigenvalue weighted by atomic mass is 35.5. The second-order valence-corrected chi connectivity index (χ2v) is 26.4. The van der Waals surface area contributed by atoms with Gasteiger partial charge in [0.15, 0.2) is 5.72 Å². The summed E-state index contributed by atoms with van der Waals surface area (Å²) in [6, 6.07) is 8.17. The van der Waals surface area contributed by atoms with Crippen molar-refractivity contribution in [1.29, 1.82) is 0 Å². The molecule has 452 valence electrons. The predicted molar refractivity (Wildman–Crippen MR) is 313 cm³/mol. The number of aryl methyl sites for hydroxylation is 1. The Morgan fingerprint density at radius 1 is 1.04 bits per heavy atom. The van der Waals surface area contributed by atoms with Gasteiger partial charge in [-0.05, 0) is 120 Å². The quantitative estimate of drug-likeness (QED) is 0.0396. The van der Waals surface area contributed by atoms with Crippen LogP contribution < -0.4 is 25.1 Å². The third-order valence-electron chi connectivity index (χ3n) is 16.1. The lowest BCUT2D eigenvalue weighted by Crippen LogP contribution is -2.63. The molecule has 3 N–H and O–H groups in total. The van der Waals surface area contributed by atoms with Gasteiger partial charge in [-0.25, -0.2) is 19.8 Å². The number of amides is 6. The fraction of sp³-hybridized carbons (Fsp3) is 0.576. The smallest absolute Gasteiger partial charge is 0.409 e. The van der Waals surface area contributed by atoms with Crippen LogP contribution in [0, 0.1) is 17.3 Å². The fourth-order valence-electron chi connectivity index (χ4n) is 10.9. The molecule has 3 heterocycles. The Labute approximate surface area is 497 Å². The summed E-state index contributed by atoms with van der Waals surface area (Å²) in [4.78, 5) is 112. The van der Waals surface area contributed by atoms with Crippen LogP contribution in [0.1, 0.15) is 129 Å². The number of aliphatic hydroxyl groups is 1. The highest BCUT2D eigenvalue weighted by Gasteiger charge is 2.62. The molecule has 2 aliphatic carbocycles. The maximum Gasteiger partial charge on any atom is 0.409 e. The number of anilines is 1. The number of likely N-dealkylation sites (N-methyl/N-ethyl adjacent to an activating group) is 1. The number of hydrazone groups is 1. The van der Waals surface area contributed by atoms with Crippen molar-refractivity contribution < 1.29 is 72.0 Å². The highest BCUT2D eigenvalue weighted by Crippen LogP contribution is 2.61. The predicted octanol–water partition coefficient (Wildman–Crippen LogP) is 7.95. The van der Waals surface area contributed by atoms with Crippen LogP contribution in [0.2, 0.25) is 5.02 Å². The van der Waals surface area contributed by atoms with E-state index in [-0.39, 0.29) is 80.2 Å². The van der Waals surface area contributed by atoms with Gasteiger partial charge in [0.05, 0.1) is 38.0 Å². The first-order valence-electron chi connectivity index (χ1n) is 27.9. The summed E-state index contributed by atoms with van der Waals surface area (Å²) in [5.41, 5.74) is 4.88. The van der Waals surface area contributed by atoms with Gasteiger partial charge in [0.1, 0.15) is 40.9 Å². The molecule has 83 heavy (non-hydrogen) atoms. The monoisotopic (exact) mass is 1210 g/mol. The van der Waals surface area contributed by atoms with Gasteiger partial charge in [-0.3, -0.25) is 29.3 Å². The number of allylic oxidation sites excluding steroid dienone is 3. The van der Waals surface area contributed by atoms with Gasteiger partial charge in [0, 0.05) is 74.8 Å². The van der Waals surface area contributed by atoms with Crippen molar-refractivity contribution in [2.24, 2.45) is 22.4 Å². The van der Waals surface area contributed by atoms with Gasteiger partial charge in [-0.15, -0.1) is 5.06 Å². The van der Waals surface area contributed by atoms with E-state index < -0.39 is 76.0 Å². The van der Waals surface area contributed by atoms with Crippen molar-refractivity contribution >= 4 is 92.2 Å². The molecule has 3 aliphatic heterocycles. The first kappa shape index (κ1) is 64.4. The van der Waals surface area contributed by atoms with Crippen LogP contribution in [-0.2, 0) is 65.5 Å². The minimum Gasteiger partial charge on any atom is -0.495 e. The number of carbonyl (C=O) groups is 8. The van der Waals surface area contributed by atoms with Crippen LogP contribution >= 0.6 is 33.2 Å². The van der Waals surface area contributed by atoms with E-state index in [2.05, 4.69) is 15.8 Å². The summed E-state index contributed by atoms with van der Waals surface area (Å²) in [5.74, 6) is -2.69. The van der Waals surface area contributed by atoms with Gasteiger partial charge in [0.25, 0.3) is 11.8 Å². The highest BCUT2D eigenvalue weighted by molar-refractivity contribution is 8.77. The molecular weight excluding hydrogens is 1130 g/mol. The average Bonchev–Trinajstić information content (AvgIpc) is 2.25. The second kappa shape index (κ2) is 27.7. The number of carbonyl (C=O) groups excluding carboxylic acids is 8. The zero-order valence-corrected chi connectivity index (χ0v) is 51.2. The number of rotatable bonds is 19. The number of fused-ring (bicyclic) bond motifs is 6. The lowest BCUT2D eigenvalue weighted by molar-refractivity contribution is -0.197. The minimum atomic E-state index is -1.82. The number of hydrogen-bond donors (Lipinski definition) is 3. The number of benzene rings is 2. The molecule has 6 amide bonds. The topological polar surface area (TPSA) is 258 Å². The molecule has 2 saturated heterocycles. The largest absolute Gasteiger partial charge is 0.495 e. The van der Waals surface area contributed by atoms with E-state index in [1.807, 2.05) is 58.9 Å². The molecule has 0 radical (unpaired) electrons. The number of imide groups is 1. The number of hydroxylamine groups is 2. The molecule has 0 aromatic heterocycles. The Hall–Kier alpha value is -6.14. The Balaban J connectivity index is 0.925. The minimum absolute atomic E-state index is 0.0133. The number of esters is 1. The molecule has 24 heteroatoms. The summed E-state index contributed by atoms with van der Waals surface area (Å²) in [5, 5.41) is 19.7. The van der Waals surface area contributed by atoms with E-state index in [1.165, 1.54) is 52.7 Å². The number of alkyl carbamates (subject to hydrolysis) is 1. The first-order valence-corrected chi connectivity index (χ1v) is 30.6. The van der Waals surface area contributed by atoms with Gasteiger partial charge in [0.2, 0.25) is 17.7 Å². The van der Waals surface area contributed by atoms with Crippen LogP contribution in [-0.4, -0.2) is 144 Å². The number of ether oxygens (including phenoxy) is 5. The Morgan fingerprint density at radius 3 is 2.48 bits per heavy atom. The van der Waals surface area contributed by atoms with E-state index in [1.54, 1.807) is 38.3 Å². The first-order chi connectivity index (χ1) is 39.3. The SMILES string of the molecule is COc1cc2cc(c1Cl)N(C)C(=O)C[C@H](OC(=O)[C@H](C)N(C)C(=O)CCSSC(C)(C)CC(=O)N/N=C1\CCCc3cc(OCCCC(=O)ON4C(=O)CCC4=O)ccc31)[C@@]1(C)C[C@H]1[C@H](C)[C@@H]1C[C@@](O)(NC(=O)O1)[C@H](OC)/C=C/C=C(\C)C2. The maximum atomic E-state index is 14.5. The van der Waals surface area contributed by atoms with E-state index >= 15 is 0 Å². The standard InChI is InChI=1S/C59H77ClN6O15S2/c1-34-14-11-17-46(77-10)59(75)32-45(79-56(74)61-59)35(2)41-31-58(41,6)47(30-52(71)65(8)43-27-37(26-34)28-44(76-9)54(43)60)80-55(73)36(3)64(7)49(68)23-25-82-83-57(4,5)33-48(67)63-62-42-16-12-15-38-29-39(19-20-40(38)42)78-24-13-18-53(72)81-66-50(69)21-22-51(66)70/h11,14,17,19-20,27-29,35-36,41,45-47,75H,12-13,15-16,18,21-26,30-33H2,1-10H3,(H,61,74)(H,63,67)/b17-11+,34-14+,62-42+/t35-,36-,41-,45-,46+,47-,58-,59-/m0/s1. The lowest BCUT2D eigenvalue weighted by Gasteiger charge is -2.42. The molecular formula is C59H77ClN6O15S2. The number of hydrogen-bond acceptors (Lipinski definition) is 18. The Kier molecular flexibility index (Phi) is 21.5. The molecule has 2 aromatic rings. The molecule has 2 aromatic carbocycles. The Bertz CT molecular complexity index is 2900. The third kappa shape index (κ3) is 16.2. The van der Waals surface area contributed by atoms with Crippen LogP contribution in [0.15, 0.2) is 59.2 Å². The van der Waals surface area contributed by atoms with E-state index in [0.717, 1.165) is 40.8 Å². The molecule has 0 spiro atoms. The van der Waals surface area contributed by atoms with Crippen molar-refractivity contribution in [2.75, 3.05) is 45.6 Å². The van der Waals surface area contributed by atoms with Gasteiger partial charge < -0.3 is 43.4 Å². The molecule has 7 rings (SSSR count). The van der Waals surface area contributed by atoms with Crippen LogP contribution in [0.4, 0.5) is 10.5 Å². The maximum absolute atomic E-state index is 14.5. The molecule has 3 fully saturated rings. The lowest BCUT2D eigenvalue weighted by atomic mass is 9.83. The second-order valence-electron chi connectivity index (χ2n) is 22.9. The van der Waals surface area contributed by atoms with Crippen molar-refractivity contribution in [2.45, 2.75) is 160 Å². The van der Waals surface area contributed by atoms with Crippen molar-refractivity contribution in [1.82, 2.24) is 20.7 Å². The summed E-state index contributed by atoms with van der Waals surface area (Å²) < 4.78 is 28.8. The van der Waals surface area contributed by atoms with Gasteiger partial charge in [-0.2, -0.15) is 5.10 Å². The number of nitrogens with one attached hydrogen (secondary N) is 2. The summed E-state index contributed by atoms with van der Waals surface area (Å²) in [6.07, 6.45) is 5.27. The summed E-state index contributed by atoms with van der Waals surface area (Å²) in [6.45, 7) is 11.4. The molecule has 21 nitrogen and oxygen atoms in total. The van der Waals surface area contributed by atoms with Crippen molar-refractivity contribution in [3.8, 4) is 11.5 Å². The number of halogens is 1. The van der Waals surface area contributed by atoms with Gasteiger partial charge >= 0.3 is 18.0 Å². The zero-order chi connectivity index (χ0) is 60.6. The number of methoxy groups -OCH3 is 2. The molecule has 4 bridgehead atoms. The third-order valence-corrected chi connectivity index (χ3v) is 19.7. The van der Waals surface area contributed by atoms with Crippen LogP contribution in [0.3, 0.4) is 0 Å². The normalized spacial score (nSPS) is 26.5. The van der Waals surface area contributed by atoms with Crippen LogP contribution in [0.5, 0.6) is 11.5 Å². The molecule has 1 saturated carbocycles. The fourth-order valence-corrected chi connectivity index (χ4v) is 13.7. The van der Waals surface area contributed by atoms with Crippen LogP contribution in [0.25, 0.3) is 0 Å².